The molecule has 0 saturated heterocycles. The molecule has 0 aromatic carbocycles. The molecule has 0 bridgehead atoms. The first-order valence-electron chi connectivity index (χ1n) is 5.83. The molecule has 6 heteroatoms. The number of hydrazine groups is 1. The van der Waals surface area contributed by atoms with Crippen LogP contribution in [0.25, 0.3) is 0 Å². The SMILES string of the molecule is CC(C)CN([NH])CC(=O)N(CC(C)C)NC=O. The van der Waals surface area contributed by atoms with Crippen LogP contribution in [0.4, 0.5) is 0 Å². The van der Waals surface area contributed by atoms with E-state index >= 15 is 0 Å². The summed E-state index contributed by atoms with van der Waals surface area (Å²) in [6, 6.07) is 0. The fraction of sp³-hybridized carbons (Fsp3) is 0.818. The first-order valence-corrected chi connectivity index (χ1v) is 5.83. The minimum absolute atomic E-state index is 0.00819. The lowest BCUT2D eigenvalue weighted by Crippen LogP contribution is -2.48. The van der Waals surface area contributed by atoms with Crippen molar-refractivity contribution in [3.8, 4) is 0 Å². The van der Waals surface area contributed by atoms with Crippen molar-refractivity contribution in [2.75, 3.05) is 19.6 Å². The van der Waals surface area contributed by atoms with Gasteiger partial charge in [0, 0.05) is 13.1 Å². The van der Waals surface area contributed by atoms with Gasteiger partial charge in [0.15, 0.2) is 0 Å². The Morgan fingerprint density at radius 2 is 1.76 bits per heavy atom. The number of nitrogens with one attached hydrogen (secondary N) is 2. The fourth-order valence-corrected chi connectivity index (χ4v) is 1.41. The number of nitrogens with zero attached hydrogens (tertiary/aromatic N) is 2. The van der Waals surface area contributed by atoms with Crippen LogP contribution in [0.15, 0.2) is 0 Å². The average molecular weight is 243 g/mol. The molecule has 17 heavy (non-hydrogen) atoms. The molecule has 0 atom stereocenters. The summed E-state index contributed by atoms with van der Waals surface area (Å²) in [5.74, 6) is 7.94. The normalized spacial score (nSPS) is 11.1. The molecular formula is C11H23N4O2. The van der Waals surface area contributed by atoms with Crippen LogP contribution in [0.5, 0.6) is 0 Å². The minimum Gasteiger partial charge on any atom is -0.277 e. The van der Waals surface area contributed by atoms with Crippen LogP contribution in [0, 0.1) is 11.8 Å². The number of carbonyl (C=O) groups excluding carboxylic acids is 2. The lowest BCUT2D eigenvalue weighted by Gasteiger charge is -2.25. The summed E-state index contributed by atoms with van der Waals surface area (Å²) in [7, 11) is 0. The van der Waals surface area contributed by atoms with Crippen LogP contribution in [0.1, 0.15) is 27.7 Å². The van der Waals surface area contributed by atoms with Crippen molar-refractivity contribution < 1.29 is 9.59 Å². The lowest BCUT2D eigenvalue weighted by atomic mass is 10.2. The first-order chi connectivity index (χ1) is 7.86. The summed E-state index contributed by atoms with van der Waals surface area (Å²) in [5, 5.41) is 2.48. The van der Waals surface area contributed by atoms with Gasteiger partial charge in [0.05, 0.1) is 6.54 Å². The maximum atomic E-state index is 11.8. The van der Waals surface area contributed by atoms with Crippen molar-refractivity contribution in [3.63, 3.8) is 0 Å². The summed E-state index contributed by atoms with van der Waals surface area (Å²) in [4.78, 5) is 22.2. The molecule has 0 fully saturated rings. The van der Waals surface area contributed by atoms with Gasteiger partial charge >= 0.3 is 0 Å². The topological polar surface area (TPSA) is 76.5 Å². The summed E-state index contributed by atoms with van der Waals surface area (Å²) < 4.78 is 0. The Kier molecular flexibility index (Phi) is 7.49. The van der Waals surface area contributed by atoms with Crippen LogP contribution in [0.3, 0.4) is 0 Å². The summed E-state index contributed by atoms with van der Waals surface area (Å²) in [6.45, 7) is 8.86. The maximum Gasteiger partial charge on any atom is 0.256 e. The van der Waals surface area contributed by atoms with Crippen LogP contribution in [-0.2, 0) is 9.59 Å². The van der Waals surface area contributed by atoms with E-state index in [4.69, 9.17) is 5.84 Å². The van der Waals surface area contributed by atoms with Gasteiger partial charge in [-0.1, -0.05) is 27.7 Å². The zero-order chi connectivity index (χ0) is 13.4. The molecule has 0 heterocycles. The third-order valence-electron chi connectivity index (χ3n) is 1.97. The Balaban J connectivity index is 4.25. The molecule has 1 radical (unpaired) electrons. The molecular weight excluding hydrogens is 220 g/mol. The van der Waals surface area contributed by atoms with Gasteiger partial charge in [-0.2, -0.15) is 5.84 Å². The monoisotopic (exact) mass is 243 g/mol. The second kappa shape index (κ2) is 8.03. The second-order valence-electron chi connectivity index (χ2n) is 4.92. The summed E-state index contributed by atoms with van der Waals surface area (Å²) in [5.41, 5.74) is 2.37. The lowest BCUT2D eigenvalue weighted by molar-refractivity contribution is -0.139. The molecule has 0 aliphatic carbocycles. The highest BCUT2D eigenvalue weighted by atomic mass is 16.2. The minimum atomic E-state index is -0.263. The Morgan fingerprint density at radius 3 is 2.18 bits per heavy atom. The van der Waals surface area contributed by atoms with Gasteiger partial charge in [0.2, 0.25) is 6.41 Å². The number of hydrogen-bond acceptors (Lipinski definition) is 3. The number of amides is 2. The van der Waals surface area contributed by atoms with E-state index in [2.05, 4.69) is 5.43 Å². The molecule has 0 aromatic heterocycles. The molecule has 99 valence electrons. The fourth-order valence-electron chi connectivity index (χ4n) is 1.41. The van der Waals surface area contributed by atoms with Crippen molar-refractivity contribution >= 4 is 12.3 Å². The van der Waals surface area contributed by atoms with E-state index in [0.717, 1.165) is 0 Å². The molecule has 2 N–H and O–H groups in total. The van der Waals surface area contributed by atoms with Gasteiger partial charge in [0.25, 0.3) is 5.91 Å². The van der Waals surface area contributed by atoms with Crippen LogP contribution in [0.2, 0.25) is 0 Å². The maximum absolute atomic E-state index is 11.8. The highest BCUT2D eigenvalue weighted by Gasteiger charge is 2.17. The van der Waals surface area contributed by atoms with E-state index in [-0.39, 0.29) is 18.4 Å². The molecule has 0 aliphatic rings. The summed E-state index contributed by atoms with van der Waals surface area (Å²) >= 11 is 0. The van der Waals surface area contributed by atoms with Gasteiger partial charge in [-0.3, -0.25) is 20.0 Å². The predicted molar refractivity (Wildman–Crippen MR) is 65.3 cm³/mol. The Morgan fingerprint density at radius 1 is 1.24 bits per heavy atom. The van der Waals surface area contributed by atoms with Gasteiger partial charge < -0.3 is 0 Å². The van der Waals surface area contributed by atoms with Crippen LogP contribution >= 0.6 is 0 Å². The molecule has 2 amide bonds. The Bertz CT molecular complexity index is 244. The van der Waals surface area contributed by atoms with Crippen molar-refractivity contribution in [2.45, 2.75) is 27.7 Å². The van der Waals surface area contributed by atoms with Gasteiger partial charge in [-0.15, -0.1) is 0 Å². The van der Waals surface area contributed by atoms with Crippen LogP contribution < -0.4 is 11.3 Å². The predicted octanol–water partition coefficient (Wildman–Crippen LogP) is 0.288. The molecule has 0 saturated carbocycles. The number of carbonyl (C=O) groups is 2. The molecule has 0 rings (SSSR count). The molecule has 0 spiro atoms. The molecule has 0 aromatic rings. The van der Waals surface area contributed by atoms with Gasteiger partial charge in [-0.25, -0.2) is 5.01 Å². The highest BCUT2D eigenvalue weighted by molar-refractivity contribution is 5.78. The summed E-state index contributed by atoms with van der Waals surface area (Å²) in [6.07, 6.45) is 0.483. The smallest absolute Gasteiger partial charge is 0.256 e. The van der Waals surface area contributed by atoms with E-state index in [1.807, 2.05) is 27.7 Å². The average Bonchev–Trinajstić information content (AvgIpc) is 2.14. The van der Waals surface area contributed by atoms with E-state index in [1.165, 1.54) is 10.0 Å². The van der Waals surface area contributed by atoms with Crippen molar-refractivity contribution in [1.82, 2.24) is 21.3 Å². The highest BCUT2D eigenvalue weighted by Crippen LogP contribution is 1.99. The third kappa shape index (κ3) is 7.70. The largest absolute Gasteiger partial charge is 0.277 e. The van der Waals surface area contributed by atoms with E-state index in [1.54, 1.807) is 0 Å². The number of rotatable bonds is 8. The van der Waals surface area contributed by atoms with E-state index in [0.29, 0.717) is 25.4 Å². The quantitative estimate of drug-likeness (QED) is 0.491. The van der Waals surface area contributed by atoms with Gasteiger partial charge in [-0.05, 0) is 11.8 Å². The van der Waals surface area contributed by atoms with Crippen molar-refractivity contribution in [1.29, 1.82) is 0 Å². The molecule has 0 unspecified atom stereocenters. The molecule has 0 aliphatic heterocycles. The van der Waals surface area contributed by atoms with Gasteiger partial charge in [0.1, 0.15) is 0 Å². The van der Waals surface area contributed by atoms with Crippen molar-refractivity contribution in [2.24, 2.45) is 11.8 Å². The second-order valence-corrected chi connectivity index (χ2v) is 4.92. The Labute approximate surface area is 103 Å². The first kappa shape index (κ1) is 15.9. The number of hydrogen-bond donors (Lipinski definition) is 1. The zero-order valence-corrected chi connectivity index (χ0v) is 11.1. The van der Waals surface area contributed by atoms with E-state index < -0.39 is 0 Å². The van der Waals surface area contributed by atoms with E-state index in [9.17, 15) is 9.59 Å². The van der Waals surface area contributed by atoms with Crippen molar-refractivity contribution in [3.05, 3.63) is 0 Å². The third-order valence-corrected chi connectivity index (χ3v) is 1.97. The standard InChI is InChI=1S/C11H23N4O2/c1-9(2)5-14(12)7-11(17)15(13-8-16)6-10(3)4/h8-10,12H,5-7H2,1-4H3,(H,13,16). The zero-order valence-electron chi connectivity index (χ0n) is 11.1. The van der Waals surface area contributed by atoms with Crippen LogP contribution in [-0.4, -0.2) is 42.0 Å². The molecule has 6 nitrogen and oxygen atoms in total. The Hall–Kier alpha value is -1.14.